The molecule has 1 fully saturated rings. The number of rotatable bonds is 5. The van der Waals surface area contributed by atoms with Crippen molar-refractivity contribution in [3.8, 4) is 5.75 Å². The second-order valence-corrected chi connectivity index (χ2v) is 7.86. The Balaban J connectivity index is 1.77. The Morgan fingerprint density at radius 3 is 2.78 bits per heavy atom. The molecule has 1 heterocycles. The van der Waals surface area contributed by atoms with Crippen molar-refractivity contribution in [2.24, 2.45) is 4.99 Å². The van der Waals surface area contributed by atoms with Crippen LogP contribution in [0.1, 0.15) is 25.8 Å². The Labute approximate surface area is 172 Å². The highest BCUT2D eigenvalue weighted by molar-refractivity contribution is 8.18. The van der Waals surface area contributed by atoms with E-state index in [0.717, 1.165) is 12.0 Å². The van der Waals surface area contributed by atoms with Crippen LogP contribution in [-0.4, -0.2) is 17.2 Å². The molecule has 140 valence electrons. The van der Waals surface area contributed by atoms with Gasteiger partial charge in [0.25, 0.3) is 5.91 Å². The smallest absolute Gasteiger partial charge is 0.264 e. The fraction of sp³-hybridized carbons (Fsp3) is 0.200. The molecule has 3 rings (SSSR count). The van der Waals surface area contributed by atoms with Crippen molar-refractivity contribution in [2.75, 3.05) is 0 Å². The molecule has 0 spiro atoms. The summed E-state index contributed by atoms with van der Waals surface area (Å²) in [6.45, 7) is 4.04. The Morgan fingerprint density at radius 2 is 2.07 bits per heavy atom. The number of halogens is 2. The molecule has 0 aromatic heterocycles. The first kappa shape index (κ1) is 19.8. The fourth-order valence-electron chi connectivity index (χ4n) is 2.30. The SMILES string of the molecule is CC[C@@H](C)Oc1ccc(/C=C2\SC(=Nc3cccc(Cl)c3)NC2=O)cc1Cl. The summed E-state index contributed by atoms with van der Waals surface area (Å²) in [4.78, 5) is 17.2. The maximum absolute atomic E-state index is 12.2. The number of amidine groups is 1. The van der Waals surface area contributed by atoms with Crippen molar-refractivity contribution >= 4 is 57.8 Å². The molecule has 7 heteroatoms. The van der Waals surface area contributed by atoms with Gasteiger partial charge in [0, 0.05) is 5.02 Å². The van der Waals surface area contributed by atoms with Gasteiger partial charge in [-0.15, -0.1) is 0 Å². The monoisotopic (exact) mass is 420 g/mol. The Morgan fingerprint density at radius 1 is 1.26 bits per heavy atom. The molecule has 0 aliphatic carbocycles. The predicted molar refractivity (Wildman–Crippen MR) is 114 cm³/mol. The van der Waals surface area contributed by atoms with Crippen molar-refractivity contribution in [2.45, 2.75) is 26.4 Å². The molecule has 1 N–H and O–H groups in total. The van der Waals surface area contributed by atoms with Crippen molar-refractivity contribution in [1.82, 2.24) is 5.32 Å². The minimum atomic E-state index is -0.197. The highest BCUT2D eigenvalue weighted by Crippen LogP contribution is 2.31. The first-order valence-electron chi connectivity index (χ1n) is 8.46. The number of nitrogens with one attached hydrogen (secondary N) is 1. The molecule has 1 aliphatic rings. The molecule has 1 atom stereocenters. The number of hydrogen-bond donors (Lipinski definition) is 1. The first-order chi connectivity index (χ1) is 12.9. The van der Waals surface area contributed by atoms with Crippen LogP contribution in [0.5, 0.6) is 5.75 Å². The van der Waals surface area contributed by atoms with E-state index in [1.807, 2.05) is 31.2 Å². The zero-order chi connectivity index (χ0) is 19.4. The highest BCUT2D eigenvalue weighted by atomic mass is 35.5. The summed E-state index contributed by atoms with van der Waals surface area (Å²) in [7, 11) is 0. The summed E-state index contributed by atoms with van der Waals surface area (Å²) in [5, 5.41) is 4.38. The predicted octanol–water partition coefficient (Wildman–Crippen LogP) is 6.06. The number of carbonyl (C=O) groups is 1. The van der Waals surface area contributed by atoms with Crippen LogP contribution in [0.25, 0.3) is 6.08 Å². The van der Waals surface area contributed by atoms with Crippen molar-refractivity contribution in [3.63, 3.8) is 0 Å². The normalized spacial score (nSPS) is 18.0. The number of thioether (sulfide) groups is 1. The Bertz CT molecular complexity index is 928. The van der Waals surface area contributed by atoms with Crippen molar-refractivity contribution in [3.05, 3.63) is 63.0 Å². The number of nitrogens with zero attached hydrogens (tertiary/aromatic N) is 1. The van der Waals surface area contributed by atoms with Crippen LogP contribution in [0.2, 0.25) is 10.0 Å². The molecule has 1 amide bonds. The summed E-state index contributed by atoms with van der Waals surface area (Å²) in [5.41, 5.74) is 1.50. The largest absolute Gasteiger partial charge is 0.489 e. The minimum Gasteiger partial charge on any atom is -0.489 e. The lowest BCUT2D eigenvalue weighted by Crippen LogP contribution is -2.19. The number of benzene rings is 2. The van der Waals surface area contributed by atoms with E-state index in [1.54, 1.807) is 24.3 Å². The van der Waals surface area contributed by atoms with E-state index in [2.05, 4.69) is 17.2 Å². The second kappa shape index (κ2) is 8.83. The van der Waals surface area contributed by atoms with Gasteiger partial charge < -0.3 is 10.1 Å². The third-order valence-electron chi connectivity index (χ3n) is 3.85. The van der Waals surface area contributed by atoms with E-state index in [1.165, 1.54) is 11.8 Å². The van der Waals surface area contributed by atoms with Gasteiger partial charge in [0.05, 0.1) is 21.7 Å². The third kappa shape index (κ3) is 5.28. The molecular formula is C20H18Cl2N2O2S. The quantitative estimate of drug-likeness (QED) is 0.597. The van der Waals surface area contributed by atoms with Gasteiger partial charge in [-0.3, -0.25) is 4.79 Å². The lowest BCUT2D eigenvalue weighted by atomic mass is 10.2. The Hall–Kier alpha value is -1.95. The standard InChI is InChI=1S/C20H18Cl2N2O2S/c1-3-12(2)26-17-8-7-13(9-16(17)22)10-18-19(25)24-20(27-18)23-15-6-4-5-14(21)11-15/h4-12H,3H2,1-2H3,(H,23,24,25)/b18-10-/t12-/m1/s1. The van der Waals surface area contributed by atoms with Crippen LogP contribution < -0.4 is 10.1 Å². The summed E-state index contributed by atoms with van der Waals surface area (Å²) in [6, 6.07) is 12.6. The summed E-state index contributed by atoms with van der Waals surface area (Å²) >= 11 is 13.5. The van der Waals surface area contributed by atoms with Crippen LogP contribution >= 0.6 is 35.0 Å². The van der Waals surface area contributed by atoms with Crippen LogP contribution in [0, 0.1) is 0 Å². The topological polar surface area (TPSA) is 50.7 Å². The van der Waals surface area contributed by atoms with Gasteiger partial charge in [0.2, 0.25) is 0 Å². The van der Waals surface area contributed by atoms with Gasteiger partial charge in [-0.25, -0.2) is 4.99 Å². The molecule has 4 nitrogen and oxygen atoms in total. The van der Waals surface area contributed by atoms with Crippen LogP contribution in [0.4, 0.5) is 5.69 Å². The number of amides is 1. The molecule has 27 heavy (non-hydrogen) atoms. The average molecular weight is 421 g/mol. The van der Waals surface area contributed by atoms with E-state index in [4.69, 9.17) is 27.9 Å². The van der Waals surface area contributed by atoms with Crippen LogP contribution in [0.15, 0.2) is 52.4 Å². The van der Waals surface area contributed by atoms with Crippen LogP contribution in [0.3, 0.4) is 0 Å². The average Bonchev–Trinajstić information content (AvgIpc) is 2.96. The molecule has 2 aromatic carbocycles. The van der Waals surface area contributed by atoms with Crippen LogP contribution in [-0.2, 0) is 4.79 Å². The van der Waals surface area contributed by atoms with E-state index >= 15 is 0 Å². The van der Waals surface area contributed by atoms with Gasteiger partial charge in [0.15, 0.2) is 5.17 Å². The molecular weight excluding hydrogens is 403 g/mol. The third-order valence-corrected chi connectivity index (χ3v) is 5.29. The summed E-state index contributed by atoms with van der Waals surface area (Å²) in [6.07, 6.45) is 2.76. The molecule has 1 aliphatic heterocycles. The van der Waals surface area contributed by atoms with Gasteiger partial charge >= 0.3 is 0 Å². The van der Waals surface area contributed by atoms with Gasteiger partial charge in [-0.2, -0.15) is 0 Å². The molecule has 0 radical (unpaired) electrons. The van der Waals surface area contributed by atoms with Crippen molar-refractivity contribution < 1.29 is 9.53 Å². The molecule has 0 unspecified atom stereocenters. The highest BCUT2D eigenvalue weighted by Gasteiger charge is 2.24. The Kier molecular flexibility index (Phi) is 6.47. The molecule has 2 aromatic rings. The van der Waals surface area contributed by atoms with E-state index in [0.29, 0.717) is 31.6 Å². The van der Waals surface area contributed by atoms with E-state index in [-0.39, 0.29) is 12.0 Å². The summed E-state index contributed by atoms with van der Waals surface area (Å²) < 4.78 is 5.77. The molecule has 0 saturated carbocycles. The fourth-order valence-corrected chi connectivity index (χ4v) is 3.56. The zero-order valence-electron chi connectivity index (χ0n) is 14.8. The summed E-state index contributed by atoms with van der Waals surface area (Å²) in [5.74, 6) is 0.441. The van der Waals surface area contributed by atoms with Crippen molar-refractivity contribution in [1.29, 1.82) is 0 Å². The molecule has 1 saturated heterocycles. The lowest BCUT2D eigenvalue weighted by Gasteiger charge is -2.14. The van der Waals surface area contributed by atoms with E-state index in [9.17, 15) is 4.79 Å². The first-order valence-corrected chi connectivity index (χ1v) is 10.0. The van der Waals surface area contributed by atoms with Gasteiger partial charge in [0.1, 0.15) is 5.75 Å². The maximum Gasteiger partial charge on any atom is 0.264 e. The molecule has 0 bridgehead atoms. The van der Waals surface area contributed by atoms with E-state index < -0.39 is 0 Å². The maximum atomic E-state index is 12.2. The zero-order valence-corrected chi connectivity index (χ0v) is 17.2. The number of aliphatic imine (C=N–C) groups is 1. The number of ether oxygens (including phenoxy) is 1. The number of hydrogen-bond acceptors (Lipinski definition) is 4. The second-order valence-electron chi connectivity index (χ2n) is 5.99. The minimum absolute atomic E-state index is 0.0909. The lowest BCUT2D eigenvalue weighted by molar-refractivity contribution is -0.115. The van der Waals surface area contributed by atoms with Gasteiger partial charge in [-0.1, -0.05) is 42.3 Å². The van der Waals surface area contributed by atoms with Gasteiger partial charge in [-0.05, 0) is 67.1 Å². The number of carbonyl (C=O) groups excluding carboxylic acids is 1.